The Morgan fingerprint density at radius 1 is 0.759 bits per heavy atom. The summed E-state index contributed by atoms with van der Waals surface area (Å²) in [4.78, 5) is 24.5. The van der Waals surface area contributed by atoms with Crippen LogP contribution in [0.15, 0.2) is 83.2 Å². The zero-order chi connectivity index (χ0) is 20.2. The molecule has 0 saturated carbocycles. The molecule has 1 atom stereocenters. The van der Waals surface area contributed by atoms with Gasteiger partial charge in [-0.15, -0.1) is 0 Å². The lowest BCUT2D eigenvalue weighted by Crippen LogP contribution is -2.32. The van der Waals surface area contributed by atoms with Crippen LogP contribution < -0.4 is 0 Å². The summed E-state index contributed by atoms with van der Waals surface area (Å²) < 4.78 is 0. The van der Waals surface area contributed by atoms with Crippen LogP contribution in [0.3, 0.4) is 0 Å². The molecule has 0 radical (unpaired) electrons. The molecule has 0 aliphatic carbocycles. The van der Waals surface area contributed by atoms with Gasteiger partial charge in [-0.3, -0.25) is 29.8 Å². The van der Waals surface area contributed by atoms with E-state index in [-0.39, 0.29) is 6.04 Å². The highest BCUT2D eigenvalue weighted by Crippen LogP contribution is 2.17. The number of aliphatic imine (C=N–C) groups is 2. The van der Waals surface area contributed by atoms with Gasteiger partial charge in [0.2, 0.25) is 0 Å². The van der Waals surface area contributed by atoms with Crippen molar-refractivity contribution < 1.29 is 0 Å². The highest BCUT2D eigenvalue weighted by Gasteiger charge is 2.15. The topological polar surface area (TPSA) is 66.6 Å². The van der Waals surface area contributed by atoms with Gasteiger partial charge in [0.05, 0.1) is 30.2 Å². The third-order valence-corrected chi connectivity index (χ3v) is 4.52. The van der Waals surface area contributed by atoms with Gasteiger partial charge in [0, 0.05) is 50.2 Å². The fourth-order valence-electron chi connectivity index (χ4n) is 2.90. The smallest absolute Gasteiger partial charge is 0.0807 e. The number of rotatable bonds is 10. The Kier molecular flexibility index (Phi) is 8.17. The van der Waals surface area contributed by atoms with Crippen molar-refractivity contribution in [2.24, 2.45) is 9.98 Å². The summed E-state index contributed by atoms with van der Waals surface area (Å²) in [5, 5.41) is 0. The normalized spacial score (nSPS) is 12.8. The van der Waals surface area contributed by atoms with Gasteiger partial charge in [-0.1, -0.05) is 18.2 Å². The number of hydrogen-bond donors (Lipinski definition) is 0. The molecule has 3 rings (SSSR count). The third kappa shape index (κ3) is 7.01. The molecule has 0 aromatic carbocycles. The molecule has 0 fully saturated rings. The zero-order valence-corrected chi connectivity index (χ0v) is 16.7. The maximum absolute atomic E-state index is 4.54. The molecule has 1 unspecified atom stereocenters. The van der Waals surface area contributed by atoms with Crippen molar-refractivity contribution in [3.8, 4) is 0 Å². The Morgan fingerprint density at radius 2 is 1.28 bits per heavy atom. The maximum Gasteiger partial charge on any atom is 0.0807 e. The van der Waals surface area contributed by atoms with Crippen LogP contribution in [0, 0.1) is 0 Å². The monoisotopic (exact) mass is 386 g/mol. The first-order chi connectivity index (χ1) is 14.3. The van der Waals surface area contributed by atoms with Gasteiger partial charge in [0.25, 0.3) is 0 Å². The second-order valence-electron chi connectivity index (χ2n) is 6.55. The van der Waals surface area contributed by atoms with E-state index in [4.69, 9.17) is 0 Å². The van der Waals surface area contributed by atoms with Crippen LogP contribution in [-0.2, 0) is 0 Å². The SMILES string of the molecule is CC(c1ccccn1)N(CC/N=C/c1ccccn1)CC/N=C/c1ccccn1. The molecule has 6 nitrogen and oxygen atoms in total. The Bertz CT molecular complexity index is 828. The highest BCUT2D eigenvalue weighted by atomic mass is 15.2. The van der Waals surface area contributed by atoms with Gasteiger partial charge in [0.15, 0.2) is 0 Å². The second kappa shape index (κ2) is 11.6. The lowest BCUT2D eigenvalue weighted by molar-refractivity contribution is 0.220. The van der Waals surface area contributed by atoms with Crippen LogP contribution in [0.25, 0.3) is 0 Å². The average Bonchev–Trinajstić information content (AvgIpc) is 2.79. The summed E-state index contributed by atoms with van der Waals surface area (Å²) in [6.45, 7) is 5.20. The first-order valence-corrected chi connectivity index (χ1v) is 9.79. The van der Waals surface area contributed by atoms with Crippen LogP contribution in [-0.4, -0.2) is 58.5 Å². The summed E-state index contributed by atoms with van der Waals surface area (Å²) in [7, 11) is 0. The Hall–Kier alpha value is -3.25. The van der Waals surface area contributed by atoms with Gasteiger partial charge in [-0.2, -0.15) is 0 Å². The molecule has 3 heterocycles. The minimum atomic E-state index is 0.186. The van der Waals surface area contributed by atoms with Crippen molar-refractivity contribution in [1.82, 2.24) is 19.9 Å². The average molecular weight is 387 g/mol. The molecular formula is C23H26N6. The van der Waals surface area contributed by atoms with Crippen molar-refractivity contribution in [2.75, 3.05) is 26.2 Å². The van der Waals surface area contributed by atoms with Crippen molar-refractivity contribution in [2.45, 2.75) is 13.0 Å². The van der Waals surface area contributed by atoms with Crippen LogP contribution in [0.2, 0.25) is 0 Å². The van der Waals surface area contributed by atoms with E-state index >= 15 is 0 Å². The number of nitrogens with zero attached hydrogens (tertiary/aromatic N) is 6. The van der Waals surface area contributed by atoms with E-state index < -0.39 is 0 Å². The molecule has 0 N–H and O–H groups in total. The molecule has 0 saturated heterocycles. The molecule has 148 valence electrons. The van der Waals surface area contributed by atoms with Crippen LogP contribution in [0.1, 0.15) is 30.0 Å². The molecule has 0 amide bonds. The van der Waals surface area contributed by atoms with Gasteiger partial charge in [-0.25, -0.2) is 0 Å². The van der Waals surface area contributed by atoms with E-state index in [1.165, 1.54) is 0 Å². The Labute approximate surface area is 172 Å². The van der Waals surface area contributed by atoms with Crippen molar-refractivity contribution in [3.63, 3.8) is 0 Å². The Morgan fingerprint density at radius 3 is 1.72 bits per heavy atom. The first kappa shape index (κ1) is 20.5. The van der Waals surface area contributed by atoms with E-state index in [1.807, 2.05) is 67.2 Å². The second-order valence-corrected chi connectivity index (χ2v) is 6.55. The largest absolute Gasteiger partial charge is 0.291 e. The van der Waals surface area contributed by atoms with Crippen LogP contribution in [0.4, 0.5) is 0 Å². The zero-order valence-electron chi connectivity index (χ0n) is 16.7. The molecule has 0 bridgehead atoms. The van der Waals surface area contributed by atoms with Crippen LogP contribution in [0.5, 0.6) is 0 Å². The fourth-order valence-corrected chi connectivity index (χ4v) is 2.90. The number of pyridine rings is 3. The molecule has 3 aromatic rings. The summed E-state index contributed by atoms with van der Waals surface area (Å²) >= 11 is 0. The molecular weight excluding hydrogens is 360 g/mol. The first-order valence-electron chi connectivity index (χ1n) is 9.79. The summed E-state index contributed by atoms with van der Waals surface area (Å²) in [6.07, 6.45) is 9.03. The Balaban J connectivity index is 1.58. The van der Waals surface area contributed by atoms with Gasteiger partial charge in [0.1, 0.15) is 0 Å². The molecule has 0 aliphatic rings. The minimum absolute atomic E-state index is 0.186. The quantitative estimate of drug-likeness (QED) is 0.501. The van der Waals surface area contributed by atoms with E-state index in [9.17, 15) is 0 Å². The van der Waals surface area contributed by atoms with Gasteiger partial charge in [-0.05, 0) is 43.3 Å². The molecule has 0 spiro atoms. The number of hydrogen-bond acceptors (Lipinski definition) is 6. The summed E-state index contributed by atoms with van der Waals surface area (Å²) in [6, 6.07) is 17.8. The van der Waals surface area contributed by atoms with E-state index in [0.717, 1.165) is 30.2 Å². The molecule has 0 aliphatic heterocycles. The summed E-state index contributed by atoms with van der Waals surface area (Å²) in [5.74, 6) is 0. The standard InChI is InChI=1S/C23H26N6/c1-20(23-10-4-7-13-28-23)29(16-14-24-18-21-8-2-5-11-26-21)17-15-25-19-22-9-3-6-12-27-22/h2-13,18-20H,14-17H2,1H3/b24-18+,25-19+. The number of aromatic nitrogens is 3. The predicted molar refractivity (Wildman–Crippen MR) is 118 cm³/mol. The lowest BCUT2D eigenvalue weighted by atomic mass is 10.2. The van der Waals surface area contributed by atoms with E-state index in [0.29, 0.717) is 13.1 Å². The molecule has 29 heavy (non-hydrogen) atoms. The molecule has 3 aromatic heterocycles. The predicted octanol–water partition coefficient (Wildman–Crippen LogP) is 3.47. The van der Waals surface area contributed by atoms with Gasteiger partial charge >= 0.3 is 0 Å². The fraction of sp³-hybridized carbons (Fsp3) is 0.261. The third-order valence-electron chi connectivity index (χ3n) is 4.52. The lowest BCUT2D eigenvalue weighted by Gasteiger charge is -2.27. The van der Waals surface area contributed by atoms with E-state index in [2.05, 4.69) is 42.8 Å². The van der Waals surface area contributed by atoms with Crippen molar-refractivity contribution >= 4 is 12.4 Å². The maximum atomic E-state index is 4.54. The highest BCUT2D eigenvalue weighted by molar-refractivity contribution is 5.77. The van der Waals surface area contributed by atoms with Crippen LogP contribution >= 0.6 is 0 Å². The molecule has 6 heteroatoms. The summed E-state index contributed by atoms with van der Waals surface area (Å²) in [5.41, 5.74) is 2.79. The van der Waals surface area contributed by atoms with Crippen molar-refractivity contribution in [3.05, 3.63) is 90.3 Å². The minimum Gasteiger partial charge on any atom is -0.291 e. The van der Waals surface area contributed by atoms with Crippen molar-refractivity contribution in [1.29, 1.82) is 0 Å². The van der Waals surface area contributed by atoms with E-state index in [1.54, 1.807) is 12.4 Å². The van der Waals surface area contributed by atoms with Gasteiger partial charge < -0.3 is 0 Å².